The predicted molar refractivity (Wildman–Crippen MR) is 94.9 cm³/mol. The molecule has 0 radical (unpaired) electrons. The normalized spacial score (nSPS) is 27.2. The van der Waals surface area contributed by atoms with Crippen molar-refractivity contribution in [3.8, 4) is 0 Å². The molecule has 0 amide bonds. The van der Waals surface area contributed by atoms with E-state index in [1.807, 2.05) is 7.05 Å². The fourth-order valence-corrected chi connectivity index (χ4v) is 3.38. The Morgan fingerprint density at radius 3 is 2.60 bits per heavy atom. The zero-order chi connectivity index (χ0) is 13.7. The lowest BCUT2D eigenvalue weighted by molar-refractivity contribution is -0.168. The summed E-state index contributed by atoms with van der Waals surface area (Å²) in [5.41, 5.74) is 0.401. The summed E-state index contributed by atoms with van der Waals surface area (Å²) in [5, 5.41) is 7.00. The second-order valence-corrected chi connectivity index (χ2v) is 5.82. The molecule has 2 atom stereocenters. The van der Waals surface area contributed by atoms with E-state index >= 15 is 0 Å². The van der Waals surface area contributed by atoms with Gasteiger partial charge < -0.3 is 15.4 Å². The number of guanidine groups is 1. The van der Waals surface area contributed by atoms with E-state index in [2.05, 4.69) is 29.5 Å². The van der Waals surface area contributed by atoms with E-state index in [1.165, 1.54) is 32.1 Å². The van der Waals surface area contributed by atoms with Gasteiger partial charge in [0.2, 0.25) is 0 Å². The van der Waals surface area contributed by atoms with Gasteiger partial charge in [-0.15, -0.1) is 24.0 Å². The van der Waals surface area contributed by atoms with Gasteiger partial charge >= 0.3 is 0 Å². The van der Waals surface area contributed by atoms with E-state index in [4.69, 9.17) is 4.74 Å². The van der Waals surface area contributed by atoms with Gasteiger partial charge in [-0.3, -0.25) is 4.99 Å². The molecule has 0 aromatic carbocycles. The smallest absolute Gasteiger partial charge is 0.191 e. The molecule has 118 valence electrons. The Morgan fingerprint density at radius 2 is 2.10 bits per heavy atom. The van der Waals surface area contributed by atoms with Crippen molar-refractivity contribution < 1.29 is 4.74 Å². The highest BCUT2D eigenvalue weighted by molar-refractivity contribution is 14.0. The van der Waals surface area contributed by atoms with Crippen molar-refractivity contribution in [3.05, 3.63) is 0 Å². The van der Waals surface area contributed by atoms with Crippen LogP contribution in [-0.2, 0) is 4.74 Å². The highest BCUT2D eigenvalue weighted by atomic mass is 127. The van der Waals surface area contributed by atoms with E-state index < -0.39 is 0 Å². The molecule has 2 aliphatic rings. The maximum atomic E-state index is 5.88. The maximum Gasteiger partial charge on any atom is 0.191 e. The summed E-state index contributed by atoms with van der Waals surface area (Å²) in [7, 11) is 1.85. The standard InChI is InChI=1S/C15H29N3O.HI/c1-4-6-10-17-14(16-3)18-12-11-13(19-5-2)15(12)8-7-9-15;/h12-13H,4-11H2,1-3H3,(H2,16,17,18);1H. The molecule has 20 heavy (non-hydrogen) atoms. The number of halogens is 1. The third kappa shape index (κ3) is 3.59. The Balaban J connectivity index is 0.00000200. The molecule has 0 saturated heterocycles. The third-order valence-corrected chi connectivity index (χ3v) is 4.79. The fourth-order valence-electron chi connectivity index (χ4n) is 3.38. The molecule has 0 bridgehead atoms. The summed E-state index contributed by atoms with van der Waals surface area (Å²) in [6.07, 6.45) is 7.97. The van der Waals surface area contributed by atoms with Crippen molar-refractivity contribution in [2.75, 3.05) is 20.2 Å². The largest absolute Gasteiger partial charge is 0.378 e. The summed E-state index contributed by atoms with van der Waals surface area (Å²) in [6.45, 7) is 6.14. The van der Waals surface area contributed by atoms with Gasteiger partial charge in [0.15, 0.2) is 5.96 Å². The van der Waals surface area contributed by atoms with Crippen molar-refractivity contribution in [1.29, 1.82) is 0 Å². The van der Waals surface area contributed by atoms with Crippen molar-refractivity contribution in [2.45, 2.75) is 64.5 Å². The number of nitrogens with one attached hydrogen (secondary N) is 2. The number of nitrogens with zero attached hydrogens (tertiary/aromatic N) is 1. The molecule has 2 rings (SSSR count). The molecule has 4 nitrogen and oxygen atoms in total. The Bertz CT molecular complexity index is 318. The molecule has 2 fully saturated rings. The highest BCUT2D eigenvalue weighted by Crippen LogP contribution is 2.57. The average molecular weight is 395 g/mol. The first-order valence-electron chi connectivity index (χ1n) is 7.85. The molecular formula is C15H30IN3O. The molecule has 2 unspecified atom stereocenters. The van der Waals surface area contributed by atoms with Crippen LogP contribution < -0.4 is 10.6 Å². The summed E-state index contributed by atoms with van der Waals surface area (Å²) < 4.78 is 5.88. The van der Waals surface area contributed by atoms with Crippen LogP contribution in [0.4, 0.5) is 0 Å². The van der Waals surface area contributed by atoms with Gasteiger partial charge in [0, 0.05) is 31.7 Å². The minimum absolute atomic E-state index is 0. The van der Waals surface area contributed by atoms with Gasteiger partial charge in [-0.2, -0.15) is 0 Å². The van der Waals surface area contributed by atoms with Crippen molar-refractivity contribution >= 4 is 29.9 Å². The molecule has 0 aromatic rings. The summed E-state index contributed by atoms with van der Waals surface area (Å²) in [6, 6.07) is 0.547. The second-order valence-electron chi connectivity index (χ2n) is 5.82. The van der Waals surface area contributed by atoms with Crippen LogP contribution in [0.3, 0.4) is 0 Å². The number of hydrogen-bond acceptors (Lipinski definition) is 2. The van der Waals surface area contributed by atoms with Crippen LogP contribution in [0.5, 0.6) is 0 Å². The molecule has 5 heteroatoms. The Hall–Kier alpha value is -0.0400. The first-order valence-corrected chi connectivity index (χ1v) is 7.85. The Labute approximate surface area is 140 Å². The zero-order valence-corrected chi connectivity index (χ0v) is 15.4. The zero-order valence-electron chi connectivity index (χ0n) is 13.1. The molecule has 0 aliphatic heterocycles. The lowest BCUT2D eigenvalue weighted by atomic mass is 9.51. The second kappa shape index (κ2) is 8.41. The minimum Gasteiger partial charge on any atom is -0.378 e. The number of ether oxygens (including phenoxy) is 1. The number of hydrogen-bond donors (Lipinski definition) is 2. The first kappa shape index (κ1) is 18.0. The average Bonchev–Trinajstić information content (AvgIpc) is 2.33. The molecule has 2 N–H and O–H groups in total. The highest BCUT2D eigenvalue weighted by Gasteiger charge is 2.59. The van der Waals surface area contributed by atoms with E-state index in [0.717, 1.165) is 25.5 Å². The topological polar surface area (TPSA) is 45.7 Å². The first-order chi connectivity index (χ1) is 9.26. The molecular weight excluding hydrogens is 365 g/mol. The quantitative estimate of drug-likeness (QED) is 0.315. The summed E-state index contributed by atoms with van der Waals surface area (Å²) in [4.78, 5) is 4.33. The summed E-state index contributed by atoms with van der Waals surface area (Å²) >= 11 is 0. The van der Waals surface area contributed by atoms with Crippen molar-refractivity contribution in [2.24, 2.45) is 10.4 Å². The Kier molecular flexibility index (Phi) is 7.58. The van der Waals surface area contributed by atoms with Crippen molar-refractivity contribution in [3.63, 3.8) is 0 Å². The van der Waals surface area contributed by atoms with Gasteiger partial charge in [-0.1, -0.05) is 19.8 Å². The van der Waals surface area contributed by atoms with E-state index in [1.54, 1.807) is 0 Å². The molecule has 2 aliphatic carbocycles. The molecule has 0 heterocycles. The Morgan fingerprint density at radius 1 is 1.35 bits per heavy atom. The van der Waals surface area contributed by atoms with Crippen LogP contribution in [0.15, 0.2) is 4.99 Å². The molecule has 0 aromatic heterocycles. The monoisotopic (exact) mass is 395 g/mol. The molecule has 2 saturated carbocycles. The van der Waals surface area contributed by atoms with Crippen LogP contribution in [-0.4, -0.2) is 38.3 Å². The van der Waals surface area contributed by atoms with E-state index in [-0.39, 0.29) is 24.0 Å². The minimum atomic E-state index is 0. The van der Waals surface area contributed by atoms with Crippen LogP contribution in [0.25, 0.3) is 0 Å². The lowest BCUT2D eigenvalue weighted by Gasteiger charge is -2.61. The van der Waals surface area contributed by atoms with Crippen LogP contribution in [0.2, 0.25) is 0 Å². The van der Waals surface area contributed by atoms with E-state index in [0.29, 0.717) is 17.6 Å². The number of aliphatic imine (C=N–C) groups is 1. The molecule has 1 spiro atoms. The van der Waals surface area contributed by atoms with Crippen LogP contribution in [0, 0.1) is 5.41 Å². The van der Waals surface area contributed by atoms with Gasteiger partial charge in [-0.05, 0) is 32.6 Å². The lowest BCUT2D eigenvalue weighted by Crippen LogP contribution is -2.68. The van der Waals surface area contributed by atoms with Crippen LogP contribution >= 0.6 is 24.0 Å². The van der Waals surface area contributed by atoms with E-state index in [9.17, 15) is 0 Å². The third-order valence-electron chi connectivity index (χ3n) is 4.79. The number of rotatable bonds is 6. The summed E-state index contributed by atoms with van der Waals surface area (Å²) in [5.74, 6) is 0.958. The van der Waals surface area contributed by atoms with Gasteiger partial charge in [0.1, 0.15) is 0 Å². The van der Waals surface area contributed by atoms with Gasteiger partial charge in [0.05, 0.1) is 6.10 Å². The fraction of sp³-hybridized carbons (Fsp3) is 0.933. The van der Waals surface area contributed by atoms with Crippen molar-refractivity contribution in [1.82, 2.24) is 10.6 Å². The number of unbranched alkanes of at least 4 members (excludes halogenated alkanes) is 1. The maximum absolute atomic E-state index is 5.88. The van der Waals surface area contributed by atoms with Gasteiger partial charge in [0.25, 0.3) is 0 Å². The SMILES string of the molecule is CCCCNC(=NC)NC1CC(OCC)C12CCC2.I. The van der Waals surface area contributed by atoms with Gasteiger partial charge in [-0.25, -0.2) is 0 Å². The van der Waals surface area contributed by atoms with Crippen LogP contribution in [0.1, 0.15) is 52.4 Å². The predicted octanol–water partition coefficient (Wildman–Crippen LogP) is 2.92.